The molecule has 1 aliphatic rings. The minimum absolute atomic E-state index is 0.164. The average Bonchev–Trinajstić information content (AvgIpc) is 2.61. The third-order valence-electron chi connectivity index (χ3n) is 2.54. The number of aliphatic imine (C=N–C) groups is 1. The molecule has 1 aliphatic heterocycles. The Morgan fingerprint density at radius 2 is 2.06 bits per heavy atom. The predicted molar refractivity (Wildman–Crippen MR) is 67.3 cm³/mol. The third-order valence-corrected chi connectivity index (χ3v) is 3.88. The van der Waals surface area contributed by atoms with Crippen LogP contribution in [0.5, 0.6) is 0 Å². The van der Waals surface area contributed by atoms with Crippen molar-refractivity contribution in [3.63, 3.8) is 0 Å². The lowest BCUT2D eigenvalue weighted by Gasteiger charge is -2.13. The van der Waals surface area contributed by atoms with E-state index in [-0.39, 0.29) is 11.3 Å². The van der Waals surface area contributed by atoms with Gasteiger partial charge in [-0.1, -0.05) is 41.6 Å². The zero-order chi connectivity index (χ0) is 11.5. The molecule has 2 rings (SSSR count). The maximum Gasteiger partial charge on any atom is 0.180 e. The first-order chi connectivity index (χ1) is 7.70. The lowest BCUT2D eigenvalue weighted by Crippen LogP contribution is -2.09. The van der Waals surface area contributed by atoms with E-state index in [9.17, 15) is 4.91 Å². The van der Waals surface area contributed by atoms with Crippen LogP contribution in [0.25, 0.3) is 0 Å². The van der Waals surface area contributed by atoms with Crippen LogP contribution in [0.2, 0.25) is 0 Å². The van der Waals surface area contributed by atoms with Gasteiger partial charge in [-0.05, 0) is 19.4 Å². The summed E-state index contributed by atoms with van der Waals surface area (Å²) in [5.74, 6) is 0. The van der Waals surface area contributed by atoms with Crippen molar-refractivity contribution >= 4 is 16.9 Å². The van der Waals surface area contributed by atoms with Crippen molar-refractivity contribution in [3.8, 4) is 0 Å². The molecular formula is C11H13N3OS. The van der Waals surface area contributed by atoms with Gasteiger partial charge in [-0.3, -0.25) is 4.99 Å². The van der Waals surface area contributed by atoms with E-state index in [4.69, 9.17) is 0 Å². The highest BCUT2D eigenvalue weighted by atomic mass is 32.2. The molecule has 0 saturated heterocycles. The molecule has 5 heteroatoms. The zero-order valence-electron chi connectivity index (χ0n) is 9.18. The Morgan fingerprint density at radius 1 is 1.38 bits per heavy atom. The number of aryl methyl sites for hydroxylation is 1. The van der Waals surface area contributed by atoms with Crippen molar-refractivity contribution in [3.05, 3.63) is 40.3 Å². The van der Waals surface area contributed by atoms with Crippen molar-refractivity contribution in [2.45, 2.75) is 25.1 Å². The summed E-state index contributed by atoms with van der Waals surface area (Å²) >= 11 is 1.55. The first kappa shape index (κ1) is 11.1. The standard InChI is InChI=1S/C11H13N3OS/c1-7-3-5-9(6-4-7)10-8(2)12-11(16-10)13-14-15/h3-6,8,10H,1-2H3,(H,12,13,15)/t8-,10+/m1/s1. The number of hydrogen-bond donors (Lipinski definition) is 1. The van der Waals surface area contributed by atoms with Gasteiger partial charge in [-0.15, -0.1) is 4.91 Å². The first-order valence-electron chi connectivity index (χ1n) is 5.10. The van der Waals surface area contributed by atoms with E-state index in [0.717, 1.165) is 0 Å². The minimum atomic E-state index is 0.164. The molecule has 4 nitrogen and oxygen atoms in total. The average molecular weight is 235 g/mol. The van der Waals surface area contributed by atoms with Gasteiger partial charge < -0.3 is 0 Å². The molecule has 0 radical (unpaired) electrons. The second-order valence-corrected chi connectivity index (χ2v) is 4.96. The molecule has 0 fully saturated rings. The highest BCUT2D eigenvalue weighted by Gasteiger charge is 2.28. The molecule has 0 spiro atoms. The summed E-state index contributed by atoms with van der Waals surface area (Å²) in [4.78, 5) is 14.4. The van der Waals surface area contributed by atoms with Gasteiger partial charge in [0.25, 0.3) is 0 Å². The van der Waals surface area contributed by atoms with Crippen LogP contribution in [0.3, 0.4) is 0 Å². The Bertz CT molecular complexity index is 416. The number of thioether (sulfide) groups is 1. The monoisotopic (exact) mass is 235 g/mol. The molecule has 0 aliphatic carbocycles. The summed E-state index contributed by atoms with van der Waals surface area (Å²) < 4.78 is 0. The van der Waals surface area contributed by atoms with Gasteiger partial charge in [0.05, 0.1) is 16.6 Å². The Kier molecular flexibility index (Phi) is 3.24. The van der Waals surface area contributed by atoms with Gasteiger partial charge in [0.2, 0.25) is 0 Å². The van der Waals surface area contributed by atoms with Gasteiger partial charge in [-0.25, -0.2) is 5.43 Å². The fourth-order valence-electron chi connectivity index (χ4n) is 1.70. The first-order valence-corrected chi connectivity index (χ1v) is 5.98. The van der Waals surface area contributed by atoms with Crippen molar-refractivity contribution < 1.29 is 0 Å². The van der Waals surface area contributed by atoms with Crippen LogP contribution < -0.4 is 5.43 Å². The number of amidine groups is 1. The van der Waals surface area contributed by atoms with E-state index >= 15 is 0 Å². The molecule has 0 bridgehead atoms. The second-order valence-electron chi connectivity index (χ2n) is 3.83. The fraction of sp³-hybridized carbons (Fsp3) is 0.364. The lowest BCUT2D eigenvalue weighted by molar-refractivity contribution is 0.736. The second kappa shape index (κ2) is 4.65. The highest BCUT2D eigenvalue weighted by Crippen LogP contribution is 2.39. The van der Waals surface area contributed by atoms with E-state index in [1.165, 1.54) is 11.1 Å². The fourth-order valence-corrected chi connectivity index (χ4v) is 2.81. The Balaban J connectivity index is 2.13. The molecule has 0 amide bonds. The van der Waals surface area contributed by atoms with Gasteiger partial charge in [0, 0.05) is 0 Å². The number of nitroso groups, excluding NO2 is 1. The van der Waals surface area contributed by atoms with Crippen molar-refractivity contribution in [2.24, 2.45) is 10.3 Å². The maximum absolute atomic E-state index is 10.1. The molecule has 16 heavy (non-hydrogen) atoms. The largest absolute Gasteiger partial charge is 0.257 e. The Labute approximate surface area is 98.5 Å². The summed E-state index contributed by atoms with van der Waals surface area (Å²) in [6.07, 6.45) is 0. The number of benzene rings is 1. The Morgan fingerprint density at radius 3 is 2.69 bits per heavy atom. The van der Waals surface area contributed by atoms with Crippen LogP contribution in [0.15, 0.2) is 34.5 Å². The minimum Gasteiger partial charge on any atom is -0.257 e. The van der Waals surface area contributed by atoms with Gasteiger partial charge in [-0.2, -0.15) is 0 Å². The lowest BCUT2D eigenvalue weighted by atomic mass is 10.1. The molecule has 0 aromatic heterocycles. The van der Waals surface area contributed by atoms with Crippen LogP contribution in [0.4, 0.5) is 0 Å². The van der Waals surface area contributed by atoms with Crippen LogP contribution in [-0.2, 0) is 0 Å². The Hall–Kier alpha value is -1.36. The SMILES string of the molecule is Cc1ccc([C@H]2SC(NN=O)=N[C@@H]2C)cc1. The maximum atomic E-state index is 10.1. The van der Waals surface area contributed by atoms with E-state index in [1.807, 2.05) is 6.92 Å². The summed E-state index contributed by atoms with van der Waals surface area (Å²) in [6, 6.07) is 8.56. The summed E-state index contributed by atoms with van der Waals surface area (Å²) in [7, 11) is 0. The summed E-state index contributed by atoms with van der Waals surface area (Å²) in [5, 5.41) is 3.52. The van der Waals surface area contributed by atoms with E-state index in [0.29, 0.717) is 5.17 Å². The van der Waals surface area contributed by atoms with Crippen molar-refractivity contribution in [1.82, 2.24) is 5.43 Å². The molecule has 1 aromatic rings. The van der Waals surface area contributed by atoms with Gasteiger partial charge >= 0.3 is 0 Å². The van der Waals surface area contributed by atoms with E-state index in [1.54, 1.807) is 11.8 Å². The van der Waals surface area contributed by atoms with E-state index < -0.39 is 0 Å². The molecular weight excluding hydrogens is 222 g/mol. The molecule has 1 aromatic carbocycles. The quantitative estimate of drug-likeness (QED) is 0.633. The molecule has 84 valence electrons. The third kappa shape index (κ3) is 2.24. The smallest absolute Gasteiger partial charge is 0.180 e. The highest BCUT2D eigenvalue weighted by molar-refractivity contribution is 8.14. The number of nitrogens with zero attached hydrogens (tertiary/aromatic N) is 2. The van der Waals surface area contributed by atoms with Crippen LogP contribution in [-0.4, -0.2) is 11.2 Å². The molecule has 1 heterocycles. The zero-order valence-corrected chi connectivity index (χ0v) is 9.99. The van der Waals surface area contributed by atoms with Crippen molar-refractivity contribution in [2.75, 3.05) is 0 Å². The normalized spacial score (nSPS) is 24.0. The van der Waals surface area contributed by atoms with Crippen molar-refractivity contribution in [1.29, 1.82) is 0 Å². The predicted octanol–water partition coefficient (Wildman–Crippen LogP) is 2.80. The molecule has 0 saturated carbocycles. The van der Waals surface area contributed by atoms with Gasteiger partial charge in [0.15, 0.2) is 5.17 Å². The van der Waals surface area contributed by atoms with Crippen LogP contribution in [0.1, 0.15) is 23.3 Å². The number of rotatable bonds is 2. The summed E-state index contributed by atoms with van der Waals surface area (Å²) in [5.41, 5.74) is 4.84. The van der Waals surface area contributed by atoms with Crippen LogP contribution in [0, 0.1) is 11.8 Å². The topological polar surface area (TPSA) is 53.8 Å². The number of nitrogens with one attached hydrogen (secondary N) is 1. The molecule has 2 atom stereocenters. The molecule has 1 N–H and O–H groups in total. The van der Waals surface area contributed by atoms with Gasteiger partial charge in [0.1, 0.15) is 0 Å². The number of hydrogen-bond acceptors (Lipinski definition) is 4. The molecule has 0 unspecified atom stereocenters. The van der Waals surface area contributed by atoms with E-state index in [2.05, 4.69) is 46.9 Å². The van der Waals surface area contributed by atoms with Crippen LogP contribution >= 0.6 is 11.8 Å². The summed E-state index contributed by atoms with van der Waals surface area (Å²) in [6.45, 7) is 4.10.